The van der Waals surface area contributed by atoms with Crippen molar-refractivity contribution in [2.24, 2.45) is 5.92 Å². The summed E-state index contributed by atoms with van der Waals surface area (Å²) in [6, 6.07) is 0. The van der Waals surface area contributed by atoms with E-state index in [-0.39, 0.29) is 0 Å². The highest BCUT2D eigenvalue weighted by Crippen LogP contribution is 2.41. The molecule has 0 spiro atoms. The van der Waals surface area contributed by atoms with Crippen LogP contribution < -0.4 is 0 Å². The quantitative estimate of drug-likeness (QED) is 0.341. The minimum Gasteiger partial charge on any atom is -0.370 e. The number of unbranched alkanes of at least 4 members (excludes halogenated alkanes) is 3. The molecule has 1 heterocycles. The first-order valence-corrected chi connectivity index (χ1v) is 7.95. The van der Waals surface area contributed by atoms with Gasteiger partial charge in [-0.15, -0.1) is 0 Å². The molecule has 0 N–H and O–H groups in total. The highest BCUT2D eigenvalue weighted by molar-refractivity contribution is 5.06. The molecule has 0 bridgehead atoms. The number of rotatable bonds is 7. The van der Waals surface area contributed by atoms with Crippen molar-refractivity contribution in [3.63, 3.8) is 0 Å². The third kappa shape index (κ3) is 4.42. The molecule has 2 fully saturated rings. The number of allylic oxidation sites excluding steroid dienone is 2. The average molecular weight is 250 g/mol. The molecular weight excluding hydrogens is 220 g/mol. The van der Waals surface area contributed by atoms with Crippen molar-refractivity contribution in [3.05, 3.63) is 11.1 Å². The van der Waals surface area contributed by atoms with Crippen molar-refractivity contribution in [1.29, 1.82) is 0 Å². The maximum atomic E-state index is 5.60. The minimum atomic E-state index is 0.670. The van der Waals surface area contributed by atoms with Gasteiger partial charge >= 0.3 is 0 Å². The molecule has 1 aliphatic heterocycles. The van der Waals surface area contributed by atoms with Gasteiger partial charge in [0.25, 0.3) is 0 Å². The van der Waals surface area contributed by atoms with Crippen LogP contribution >= 0.6 is 0 Å². The van der Waals surface area contributed by atoms with Gasteiger partial charge in [0.1, 0.15) is 0 Å². The Bertz CT molecular complexity index is 288. The van der Waals surface area contributed by atoms with E-state index in [0.717, 1.165) is 5.92 Å². The van der Waals surface area contributed by atoms with Crippen molar-refractivity contribution < 1.29 is 4.74 Å². The molecular formula is C17H30O. The fraction of sp³-hybridized carbons (Fsp3) is 0.882. The average Bonchev–Trinajstić information content (AvgIpc) is 3.11. The first-order chi connectivity index (χ1) is 8.66. The van der Waals surface area contributed by atoms with E-state index in [1.807, 2.05) is 0 Å². The second-order valence-corrected chi connectivity index (χ2v) is 6.63. The number of fused-ring (bicyclic) bond motifs is 1. The maximum Gasteiger partial charge on any atom is 0.0844 e. The third-order valence-electron chi connectivity index (χ3n) is 4.88. The van der Waals surface area contributed by atoms with E-state index in [9.17, 15) is 0 Å². The van der Waals surface area contributed by atoms with Gasteiger partial charge in [-0.25, -0.2) is 0 Å². The van der Waals surface area contributed by atoms with Crippen molar-refractivity contribution in [3.8, 4) is 0 Å². The van der Waals surface area contributed by atoms with E-state index in [0.29, 0.717) is 12.2 Å². The Balaban J connectivity index is 1.45. The second-order valence-electron chi connectivity index (χ2n) is 6.63. The molecule has 0 amide bonds. The van der Waals surface area contributed by atoms with E-state index in [4.69, 9.17) is 4.74 Å². The summed E-state index contributed by atoms with van der Waals surface area (Å²) in [4.78, 5) is 0. The third-order valence-corrected chi connectivity index (χ3v) is 4.88. The summed E-state index contributed by atoms with van der Waals surface area (Å²) < 4.78 is 5.60. The molecule has 18 heavy (non-hydrogen) atoms. The van der Waals surface area contributed by atoms with Gasteiger partial charge in [-0.1, -0.05) is 36.8 Å². The standard InChI is InChI=1S/C17H30O/c1-13(2)14(3)8-6-4-5-7-9-15-10-11-16-17(12-15)18-16/h15-17H,4-12H2,1-3H3. The summed E-state index contributed by atoms with van der Waals surface area (Å²) in [5, 5.41) is 0. The van der Waals surface area contributed by atoms with Gasteiger partial charge in [0.15, 0.2) is 0 Å². The minimum absolute atomic E-state index is 0.670. The van der Waals surface area contributed by atoms with Crippen molar-refractivity contribution in [2.75, 3.05) is 0 Å². The summed E-state index contributed by atoms with van der Waals surface area (Å²) in [5.41, 5.74) is 3.11. The zero-order chi connectivity index (χ0) is 13.0. The van der Waals surface area contributed by atoms with Crippen LogP contribution in [0.25, 0.3) is 0 Å². The molecule has 0 aromatic heterocycles. The number of epoxide rings is 1. The van der Waals surface area contributed by atoms with Crippen molar-refractivity contribution in [2.45, 2.75) is 90.8 Å². The van der Waals surface area contributed by atoms with Gasteiger partial charge in [0.2, 0.25) is 0 Å². The van der Waals surface area contributed by atoms with Gasteiger partial charge in [0, 0.05) is 0 Å². The topological polar surface area (TPSA) is 12.5 Å². The van der Waals surface area contributed by atoms with E-state index in [1.54, 1.807) is 5.57 Å². The van der Waals surface area contributed by atoms with Crippen LogP contribution in [0.4, 0.5) is 0 Å². The zero-order valence-electron chi connectivity index (χ0n) is 12.5. The maximum absolute atomic E-state index is 5.60. The van der Waals surface area contributed by atoms with Crippen LogP contribution in [0.15, 0.2) is 11.1 Å². The molecule has 1 saturated carbocycles. The zero-order valence-corrected chi connectivity index (χ0v) is 12.5. The highest BCUT2D eigenvalue weighted by atomic mass is 16.6. The Labute approximate surface area is 113 Å². The Morgan fingerprint density at radius 3 is 2.44 bits per heavy atom. The Hall–Kier alpha value is -0.300. The fourth-order valence-corrected chi connectivity index (χ4v) is 3.18. The highest BCUT2D eigenvalue weighted by Gasteiger charge is 2.43. The lowest BCUT2D eigenvalue weighted by atomic mass is 9.85. The SMILES string of the molecule is CC(C)=C(C)CCCCCCC1CCC2OC2C1. The van der Waals surface area contributed by atoms with Gasteiger partial charge in [-0.05, 0) is 58.8 Å². The lowest BCUT2D eigenvalue weighted by Crippen LogP contribution is -2.13. The smallest absolute Gasteiger partial charge is 0.0844 e. The molecule has 1 heteroatoms. The number of ether oxygens (including phenoxy) is 1. The van der Waals surface area contributed by atoms with E-state index >= 15 is 0 Å². The molecule has 104 valence electrons. The molecule has 1 nitrogen and oxygen atoms in total. The molecule has 0 radical (unpaired) electrons. The van der Waals surface area contributed by atoms with Gasteiger partial charge < -0.3 is 4.74 Å². The molecule has 3 unspecified atom stereocenters. The molecule has 0 aromatic rings. The van der Waals surface area contributed by atoms with Crippen LogP contribution in [0.5, 0.6) is 0 Å². The second kappa shape index (κ2) is 6.75. The van der Waals surface area contributed by atoms with Gasteiger partial charge in [-0.2, -0.15) is 0 Å². The van der Waals surface area contributed by atoms with E-state index in [1.165, 1.54) is 63.4 Å². The van der Waals surface area contributed by atoms with Crippen LogP contribution in [-0.2, 0) is 4.74 Å². The first kappa shape index (κ1) is 14.1. The summed E-state index contributed by atoms with van der Waals surface area (Å²) in [7, 11) is 0. The first-order valence-electron chi connectivity index (χ1n) is 7.95. The molecule has 3 atom stereocenters. The lowest BCUT2D eigenvalue weighted by Gasteiger charge is -2.18. The van der Waals surface area contributed by atoms with Gasteiger partial charge in [0.05, 0.1) is 12.2 Å². The monoisotopic (exact) mass is 250 g/mol. The summed E-state index contributed by atoms with van der Waals surface area (Å²) in [6.45, 7) is 6.74. The van der Waals surface area contributed by atoms with Crippen LogP contribution in [0, 0.1) is 5.92 Å². The van der Waals surface area contributed by atoms with Crippen molar-refractivity contribution in [1.82, 2.24) is 0 Å². The summed E-state index contributed by atoms with van der Waals surface area (Å²) in [5.74, 6) is 0.980. The molecule has 2 aliphatic rings. The molecule has 1 aliphatic carbocycles. The lowest BCUT2D eigenvalue weighted by molar-refractivity contribution is 0.343. The molecule has 1 saturated heterocycles. The number of hydrogen-bond acceptors (Lipinski definition) is 1. The van der Waals surface area contributed by atoms with Crippen LogP contribution in [0.1, 0.15) is 78.6 Å². The van der Waals surface area contributed by atoms with Crippen molar-refractivity contribution >= 4 is 0 Å². The van der Waals surface area contributed by atoms with Gasteiger partial charge in [-0.3, -0.25) is 0 Å². The van der Waals surface area contributed by atoms with Crippen LogP contribution in [-0.4, -0.2) is 12.2 Å². The molecule has 0 aromatic carbocycles. The Morgan fingerprint density at radius 1 is 0.944 bits per heavy atom. The van der Waals surface area contributed by atoms with Crippen LogP contribution in [0.2, 0.25) is 0 Å². The predicted molar refractivity (Wildman–Crippen MR) is 77.8 cm³/mol. The summed E-state index contributed by atoms with van der Waals surface area (Å²) >= 11 is 0. The fourth-order valence-electron chi connectivity index (χ4n) is 3.18. The van der Waals surface area contributed by atoms with Crippen LogP contribution in [0.3, 0.4) is 0 Å². The van der Waals surface area contributed by atoms with E-state index < -0.39 is 0 Å². The normalized spacial score (nSPS) is 29.8. The summed E-state index contributed by atoms with van der Waals surface area (Å²) in [6.07, 6.45) is 13.9. The Kier molecular flexibility index (Phi) is 5.29. The predicted octanol–water partition coefficient (Wildman–Crippen LogP) is 5.25. The van der Waals surface area contributed by atoms with E-state index in [2.05, 4.69) is 20.8 Å². The number of hydrogen-bond donors (Lipinski definition) is 0. The Morgan fingerprint density at radius 2 is 1.72 bits per heavy atom. The largest absolute Gasteiger partial charge is 0.370 e. The molecule has 2 rings (SSSR count).